The van der Waals surface area contributed by atoms with Crippen LogP contribution >= 0.6 is 11.6 Å². The molecular formula is C5H10ClO. The first-order valence-corrected chi connectivity index (χ1v) is 2.88. The lowest BCUT2D eigenvalue weighted by atomic mass is 10.2. The van der Waals surface area contributed by atoms with Crippen LogP contribution in [-0.2, 0) is 0 Å². The Labute approximate surface area is 49.3 Å². The summed E-state index contributed by atoms with van der Waals surface area (Å²) in [5.74, 6) is 0.618. The van der Waals surface area contributed by atoms with Gasteiger partial charge in [-0.05, 0) is 19.8 Å². The van der Waals surface area contributed by atoms with E-state index in [0.29, 0.717) is 12.3 Å². The number of hydrogen-bond acceptors (Lipinski definition) is 1. The molecule has 0 saturated heterocycles. The summed E-state index contributed by atoms with van der Waals surface area (Å²) in [6, 6.07) is 0. The Kier molecular flexibility index (Phi) is 4.57. The van der Waals surface area contributed by atoms with Crippen LogP contribution in [0.5, 0.6) is 0 Å². The van der Waals surface area contributed by atoms with Crippen molar-refractivity contribution in [1.82, 2.24) is 0 Å². The van der Waals surface area contributed by atoms with Crippen molar-refractivity contribution in [1.29, 1.82) is 0 Å². The van der Waals surface area contributed by atoms with Gasteiger partial charge in [0.15, 0.2) is 0 Å². The second-order valence-electron chi connectivity index (χ2n) is 1.49. The number of halogens is 1. The molecule has 0 aromatic rings. The topological polar surface area (TPSA) is 20.2 Å². The normalized spacial score (nSPS) is 14.1. The minimum absolute atomic E-state index is 0.432. The molecule has 0 aliphatic carbocycles. The Balaban J connectivity index is 2.68. The molecule has 0 aromatic heterocycles. The van der Waals surface area contributed by atoms with Gasteiger partial charge in [0.2, 0.25) is 0 Å². The van der Waals surface area contributed by atoms with Crippen LogP contribution < -0.4 is 0 Å². The molecule has 1 radical (unpaired) electrons. The van der Waals surface area contributed by atoms with Crippen molar-refractivity contribution in [2.45, 2.75) is 18.9 Å². The standard InChI is InChI=1S/C5H10ClO/c1-5(7)3-2-4-6/h5,7H,1-4H2. The average Bonchev–Trinajstić information content (AvgIpc) is 1.61. The van der Waals surface area contributed by atoms with Crippen molar-refractivity contribution in [3.63, 3.8) is 0 Å². The minimum Gasteiger partial charge on any atom is -0.393 e. The Hall–Kier alpha value is 0.250. The molecule has 0 saturated carbocycles. The van der Waals surface area contributed by atoms with Gasteiger partial charge in [-0.2, -0.15) is 0 Å². The largest absolute Gasteiger partial charge is 0.393 e. The molecule has 1 N–H and O–H groups in total. The molecule has 0 spiro atoms. The third-order valence-electron chi connectivity index (χ3n) is 0.671. The van der Waals surface area contributed by atoms with E-state index in [-0.39, 0.29) is 0 Å². The molecule has 1 nitrogen and oxygen atoms in total. The fraction of sp³-hybridized carbons (Fsp3) is 0.800. The summed E-state index contributed by atoms with van der Waals surface area (Å²) < 4.78 is 0. The lowest BCUT2D eigenvalue weighted by Gasteiger charge is -1.97. The molecule has 0 fully saturated rings. The zero-order valence-corrected chi connectivity index (χ0v) is 4.99. The summed E-state index contributed by atoms with van der Waals surface area (Å²) in [7, 11) is 0. The van der Waals surface area contributed by atoms with E-state index in [2.05, 4.69) is 6.92 Å². The molecule has 7 heavy (non-hydrogen) atoms. The highest BCUT2D eigenvalue weighted by molar-refractivity contribution is 6.17. The molecule has 0 rings (SSSR count). The molecule has 0 amide bonds. The SMILES string of the molecule is [CH2]C(O)CCCCl. The Morgan fingerprint density at radius 3 is 2.43 bits per heavy atom. The van der Waals surface area contributed by atoms with Crippen molar-refractivity contribution in [2.75, 3.05) is 5.88 Å². The van der Waals surface area contributed by atoms with Crippen LogP contribution in [0.15, 0.2) is 0 Å². The van der Waals surface area contributed by atoms with Crippen LogP contribution in [0.25, 0.3) is 0 Å². The molecule has 43 valence electrons. The quantitative estimate of drug-likeness (QED) is 0.557. The van der Waals surface area contributed by atoms with E-state index in [1.165, 1.54) is 0 Å². The van der Waals surface area contributed by atoms with E-state index in [9.17, 15) is 0 Å². The average molecular weight is 122 g/mol. The van der Waals surface area contributed by atoms with E-state index in [0.717, 1.165) is 6.42 Å². The van der Waals surface area contributed by atoms with Crippen molar-refractivity contribution >= 4 is 11.6 Å². The summed E-state index contributed by atoms with van der Waals surface area (Å²) in [5.41, 5.74) is 0. The molecule has 0 aliphatic rings. The minimum atomic E-state index is -0.432. The number of hydrogen-bond donors (Lipinski definition) is 1. The smallest absolute Gasteiger partial charge is 0.0541 e. The van der Waals surface area contributed by atoms with Crippen molar-refractivity contribution < 1.29 is 5.11 Å². The second kappa shape index (κ2) is 4.41. The van der Waals surface area contributed by atoms with Crippen molar-refractivity contribution in [3.05, 3.63) is 6.92 Å². The molecule has 0 aliphatic heterocycles. The Morgan fingerprint density at radius 2 is 2.29 bits per heavy atom. The van der Waals surface area contributed by atoms with Crippen LogP contribution in [0, 0.1) is 6.92 Å². The summed E-state index contributed by atoms with van der Waals surface area (Å²) >= 11 is 5.31. The van der Waals surface area contributed by atoms with Crippen LogP contribution in [0.4, 0.5) is 0 Å². The molecule has 0 heterocycles. The van der Waals surface area contributed by atoms with Gasteiger partial charge in [0.1, 0.15) is 0 Å². The van der Waals surface area contributed by atoms with Crippen LogP contribution in [0.2, 0.25) is 0 Å². The second-order valence-corrected chi connectivity index (χ2v) is 1.86. The summed E-state index contributed by atoms with van der Waals surface area (Å²) in [5, 5.41) is 8.51. The first-order valence-electron chi connectivity index (χ1n) is 2.34. The molecule has 2 heteroatoms. The maximum atomic E-state index is 8.51. The highest BCUT2D eigenvalue weighted by Crippen LogP contribution is 1.95. The van der Waals surface area contributed by atoms with Gasteiger partial charge in [-0.1, -0.05) is 0 Å². The van der Waals surface area contributed by atoms with Gasteiger partial charge in [0.25, 0.3) is 0 Å². The van der Waals surface area contributed by atoms with Crippen molar-refractivity contribution in [2.24, 2.45) is 0 Å². The van der Waals surface area contributed by atoms with E-state index >= 15 is 0 Å². The highest BCUT2D eigenvalue weighted by atomic mass is 35.5. The third-order valence-corrected chi connectivity index (χ3v) is 0.938. The Bertz CT molecular complexity index is 37.1. The lowest BCUT2D eigenvalue weighted by Crippen LogP contribution is -1.98. The number of aliphatic hydroxyl groups excluding tert-OH is 1. The van der Waals surface area contributed by atoms with Crippen molar-refractivity contribution in [3.8, 4) is 0 Å². The summed E-state index contributed by atoms with van der Waals surface area (Å²) in [6.45, 7) is 3.37. The maximum absolute atomic E-state index is 8.51. The predicted molar refractivity (Wildman–Crippen MR) is 31.3 cm³/mol. The summed E-state index contributed by atoms with van der Waals surface area (Å²) in [6.07, 6.45) is 1.13. The van der Waals surface area contributed by atoms with Gasteiger partial charge in [-0.25, -0.2) is 0 Å². The number of rotatable bonds is 3. The van der Waals surface area contributed by atoms with E-state index in [1.807, 2.05) is 0 Å². The van der Waals surface area contributed by atoms with Crippen LogP contribution in [0.3, 0.4) is 0 Å². The van der Waals surface area contributed by atoms with Gasteiger partial charge >= 0.3 is 0 Å². The molecule has 0 aromatic carbocycles. The number of aliphatic hydroxyl groups is 1. The van der Waals surface area contributed by atoms with Crippen LogP contribution in [0.1, 0.15) is 12.8 Å². The first kappa shape index (κ1) is 7.25. The monoisotopic (exact) mass is 121 g/mol. The van der Waals surface area contributed by atoms with Gasteiger partial charge < -0.3 is 5.11 Å². The highest BCUT2D eigenvalue weighted by Gasteiger charge is 1.91. The van der Waals surface area contributed by atoms with Gasteiger partial charge in [-0.15, -0.1) is 11.6 Å². The van der Waals surface area contributed by atoms with Crippen LogP contribution in [-0.4, -0.2) is 17.1 Å². The lowest BCUT2D eigenvalue weighted by molar-refractivity contribution is 0.209. The fourth-order valence-electron chi connectivity index (χ4n) is 0.313. The molecule has 1 atom stereocenters. The van der Waals surface area contributed by atoms with E-state index < -0.39 is 6.10 Å². The fourth-order valence-corrected chi connectivity index (χ4v) is 0.467. The van der Waals surface area contributed by atoms with Gasteiger partial charge in [0.05, 0.1) is 6.10 Å². The molecule has 1 unspecified atom stereocenters. The van der Waals surface area contributed by atoms with E-state index in [1.54, 1.807) is 0 Å². The zero-order chi connectivity index (χ0) is 5.70. The zero-order valence-electron chi connectivity index (χ0n) is 4.23. The molecule has 0 bridgehead atoms. The first-order chi connectivity index (χ1) is 3.27. The molecular weight excluding hydrogens is 112 g/mol. The predicted octanol–water partition coefficient (Wildman–Crippen LogP) is 1.20. The summed E-state index contributed by atoms with van der Waals surface area (Å²) in [4.78, 5) is 0. The maximum Gasteiger partial charge on any atom is 0.0541 e. The van der Waals surface area contributed by atoms with Gasteiger partial charge in [-0.3, -0.25) is 0 Å². The van der Waals surface area contributed by atoms with E-state index in [4.69, 9.17) is 16.7 Å². The number of alkyl halides is 1. The third kappa shape index (κ3) is 6.25. The van der Waals surface area contributed by atoms with Gasteiger partial charge in [0, 0.05) is 5.88 Å². The Morgan fingerprint density at radius 1 is 1.71 bits per heavy atom.